The number of nitrogens with zero attached hydrogens (tertiary/aromatic N) is 3. The Morgan fingerprint density at radius 2 is 1.95 bits per heavy atom. The number of nitrogens with two attached hydrogens (primary N) is 1. The second-order valence-corrected chi connectivity index (χ2v) is 6.02. The van der Waals surface area contributed by atoms with Crippen molar-refractivity contribution in [3.05, 3.63) is 29.8 Å². The molecular weight excluding hydrogens is 248 g/mol. The summed E-state index contributed by atoms with van der Waals surface area (Å²) in [5.74, 6) is 0.665. The van der Waals surface area contributed by atoms with Crippen LogP contribution >= 0.6 is 0 Å². The Bertz CT molecular complexity index is 492. The van der Waals surface area contributed by atoms with Crippen molar-refractivity contribution in [2.24, 2.45) is 10.7 Å². The molecule has 0 fully saturated rings. The van der Waals surface area contributed by atoms with Gasteiger partial charge in [-0.3, -0.25) is 4.99 Å². The lowest BCUT2D eigenvalue weighted by Crippen LogP contribution is -2.51. The molecule has 4 heteroatoms. The molecule has 1 heterocycles. The third kappa shape index (κ3) is 2.35. The second kappa shape index (κ2) is 5.35. The first kappa shape index (κ1) is 14.7. The predicted octanol–water partition coefficient (Wildman–Crippen LogP) is 2.40. The second-order valence-electron chi connectivity index (χ2n) is 6.02. The van der Waals surface area contributed by atoms with Crippen LogP contribution in [0, 0.1) is 0 Å². The van der Waals surface area contributed by atoms with E-state index in [-0.39, 0.29) is 5.54 Å². The standard InChI is InChI=1S/C16H26N4/c1-6-12(2)20-15(17)18-11-16(20,3)13-7-9-14(10-8-13)19(4)5/h7-10,12H,6,11H2,1-5H3,(H2,17,18). The van der Waals surface area contributed by atoms with Crippen LogP contribution in [-0.2, 0) is 5.54 Å². The normalized spacial score (nSPS) is 23.6. The molecule has 0 amide bonds. The smallest absolute Gasteiger partial charge is 0.192 e. The average molecular weight is 274 g/mol. The summed E-state index contributed by atoms with van der Waals surface area (Å²) in [6, 6.07) is 9.09. The lowest BCUT2D eigenvalue weighted by atomic mass is 9.89. The van der Waals surface area contributed by atoms with E-state index in [1.807, 2.05) is 0 Å². The largest absolute Gasteiger partial charge is 0.378 e. The fourth-order valence-corrected chi connectivity index (χ4v) is 2.88. The zero-order valence-electron chi connectivity index (χ0n) is 13.2. The molecule has 4 nitrogen and oxygen atoms in total. The Labute approximate surface area is 122 Å². The van der Waals surface area contributed by atoms with Crippen molar-refractivity contribution < 1.29 is 0 Å². The minimum atomic E-state index is -0.135. The zero-order valence-corrected chi connectivity index (χ0v) is 13.2. The Balaban J connectivity index is 2.34. The van der Waals surface area contributed by atoms with Crippen LogP contribution in [0.5, 0.6) is 0 Å². The molecule has 2 rings (SSSR count). The molecule has 0 saturated heterocycles. The number of aliphatic imine (C=N–C) groups is 1. The van der Waals surface area contributed by atoms with E-state index in [2.05, 4.69) is 73.9 Å². The molecule has 1 aliphatic heterocycles. The van der Waals surface area contributed by atoms with Crippen LogP contribution in [0.1, 0.15) is 32.8 Å². The molecule has 0 aliphatic carbocycles. The first-order chi connectivity index (χ1) is 9.40. The van der Waals surface area contributed by atoms with Gasteiger partial charge in [-0.2, -0.15) is 0 Å². The van der Waals surface area contributed by atoms with Crippen molar-refractivity contribution in [3.8, 4) is 0 Å². The van der Waals surface area contributed by atoms with Crippen molar-refractivity contribution in [2.75, 3.05) is 25.5 Å². The highest BCUT2D eigenvalue weighted by Crippen LogP contribution is 2.35. The van der Waals surface area contributed by atoms with Gasteiger partial charge in [-0.1, -0.05) is 19.1 Å². The molecule has 0 aromatic heterocycles. The van der Waals surface area contributed by atoms with Gasteiger partial charge in [0.15, 0.2) is 5.96 Å². The summed E-state index contributed by atoms with van der Waals surface area (Å²) in [6.45, 7) is 7.35. The van der Waals surface area contributed by atoms with Crippen LogP contribution < -0.4 is 10.6 Å². The maximum absolute atomic E-state index is 6.11. The van der Waals surface area contributed by atoms with Gasteiger partial charge in [-0.15, -0.1) is 0 Å². The van der Waals surface area contributed by atoms with Gasteiger partial charge in [0.2, 0.25) is 0 Å². The minimum absolute atomic E-state index is 0.135. The highest BCUT2D eigenvalue weighted by atomic mass is 15.4. The Kier molecular flexibility index (Phi) is 3.93. The molecule has 2 N–H and O–H groups in total. The Morgan fingerprint density at radius 1 is 1.35 bits per heavy atom. The molecule has 2 atom stereocenters. The summed E-state index contributed by atoms with van der Waals surface area (Å²) in [4.78, 5) is 8.85. The van der Waals surface area contributed by atoms with Gasteiger partial charge in [-0.25, -0.2) is 0 Å². The SMILES string of the molecule is CCC(C)N1C(N)=NCC1(C)c1ccc(N(C)C)cc1. The average Bonchev–Trinajstić information content (AvgIpc) is 2.75. The van der Waals surface area contributed by atoms with Crippen molar-refractivity contribution in [2.45, 2.75) is 38.8 Å². The van der Waals surface area contributed by atoms with Crippen LogP contribution in [0.15, 0.2) is 29.3 Å². The fourth-order valence-electron chi connectivity index (χ4n) is 2.88. The summed E-state index contributed by atoms with van der Waals surface area (Å²) in [6.07, 6.45) is 1.06. The summed E-state index contributed by atoms with van der Waals surface area (Å²) >= 11 is 0. The van der Waals surface area contributed by atoms with Crippen molar-refractivity contribution in [1.29, 1.82) is 0 Å². The van der Waals surface area contributed by atoms with Crippen molar-refractivity contribution >= 4 is 11.6 Å². The molecule has 0 radical (unpaired) electrons. The molecule has 1 aliphatic rings. The lowest BCUT2D eigenvalue weighted by Gasteiger charge is -2.40. The highest BCUT2D eigenvalue weighted by Gasteiger charge is 2.41. The van der Waals surface area contributed by atoms with Gasteiger partial charge in [0, 0.05) is 25.8 Å². The molecular formula is C16H26N4. The third-order valence-electron chi connectivity index (χ3n) is 4.36. The summed E-state index contributed by atoms with van der Waals surface area (Å²) < 4.78 is 0. The number of rotatable bonds is 4. The molecule has 0 spiro atoms. The highest BCUT2D eigenvalue weighted by molar-refractivity contribution is 5.81. The quantitative estimate of drug-likeness (QED) is 0.917. The molecule has 1 aromatic rings. The molecule has 0 bridgehead atoms. The topological polar surface area (TPSA) is 44.9 Å². The van der Waals surface area contributed by atoms with Gasteiger partial charge >= 0.3 is 0 Å². The molecule has 1 aromatic carbocycles. The van der Waals surface area contributed by atoms with E-state index in [0.717, 1.165) is 13.0 Å². The first-order valence-electron chi connectivity index (χ1n) is 7.27. The van der Waals surface area contributed by atoms with E-state index >= 15 is 0 Å². The minimum Gasteiger partial charge on any atom is -0.378 e. The Hall–Kier alpha value is -1.71. The number of guanidine groups is 1. The predicted molar refractivity (Wildman–Crippen MR) is 86.2 cm³/mol. The lowest BCUT2D eigenvalue weighted by molar-refractivity contribution is 0.171. The number of anilines is 1. The van der Waals surface area contributed by atoms with Crippen LogP contribution in [0.2, 0.25) is 0 Å². The summed E-state index contributed by atoms with van der Waals surface area (Å²) in [5.41, 5.74) is 8.46. The van der Waals surface area contributed by atoms with E-state index < -0.39 is 0 Å². The van der Waals surface area contributed by atoms with E-state index in [1.54, 1.807) is 0 Å². The van der Waals surface area contributed by atoms with Crippen molar-refractivity contribution in [3.63, 3.8) is 0 Å². The molecule has 20 heavy (non-hydrogen) atoms. The monoisotopic (exact) mass is 274 g/mol. The third-order valence-corrected chi connectivity index (χ3v) is 4.36. The van der Waals surface area contributed by atoms with Gasteiger partial charge in [-0.05, 0) is 38.0 Å². The maximum Gasteiger partial charge on any atom is 0.192 e. The van der Waals surface area contributed by atoms with Crippen LogP contribution in [0.25, 0.3) is 0 Å². The van der Waals surface area contributed by atoms with Crippen LogP contribution in [0.3, 0.4) is 0 Å². The first-order valence-corrected chi connectivity index (χ1v) is 7.27. The fraction of sp³-hybridized carbons (Fsp3) is 0.562. The Morgan fingerprint density at radius 3 is 2.45 bits per heavy atom. The molecule has 2 unspecified atom stereocenters. The summed E-state index contributed by atoms with van der Waals surface area (Å²) in [7, 11) is 4.11. The molecule has 110 valence electrons. The molecule has 0 saturated carbocycles. The van der Waals surface area contributed by atoms with Crippen molar-refractivity contribution in [1.82, 2.24) is 4.90 Å². The maximum atomic E-state index is 6.11. The van der Waals surface area contributed by atoms with Crippen LogP contribution in [0.4, 0.5) is 5.69 Å². The van der Waals surface area contributed by atoms with E-state index in [9.17, 15) is 0 Å². The van der Waals surface area contributed by atoms with Crippen LogP contribution in [-0.4, -0.2) is 37.5 Å². The van der Waals surface area contributed by atoms with Gasteiger partial charge in [0.1, 0.15) is 0 Å². The zero-order chi connectivity index (χ0) is 14.9. The van der Waals surface area contributed by atoms with E-state index in [4.69, 9.17) is 5.73 Å². The van der Waals surface area contributed by atoms with Gasteiger partial charge in [0.25, 0.3) is 0 Å². The van der Waals surface area contributed by atoms with Gasteiger partial charge < -0.3 is 15.5 Å². The van der Waals surface area contributed by atoms with E-state index in [0.29, 0.717) is 12.0 Å². The van der Waals surface area contributed by atoms with E-state index in [1.165, 1.54) is 11.3 Å². The van der Waals surface area contributed by atoms with Gasteiger partial charge in [0.05, 0.1) is 12.1 Å². The number of benzene rings is 1. The number of hydrogen-bond donors (Lipinski definition) is 1. The summed E-state index contributed by atoms with van der Waals surface area (Å²) in [5, 5.41) is 0. The number of hydrogen-bond acceptors (Lipinski definition) is 4.